The zero-order valence-corrected chi connectivity index (χ0v) is 14.6. The van der Waals surface area contributed by atoms with Crippen LogP contribution in [0.15, 0.2) is 16.7 Å². The Morgan fingerprint density at radius 2 is 1.88 bits per heavy atom. The van der Waals surface area contributed by atoms with Gasteiger partial charge in [0.25, 0.3) is 5.91 Å². The predicted octanol–water partition coefficient (Wildman–Crippen LogP) is 4.16. The highest BCUT2D eigenvalue weighted by Gasteiger charge is 2.53. The van der Waals surface area contributed by atoms with Gasteiger partial charge in [0.1, 0.15) is 10.8 Å². The van der Waals surface area contributed by atoms with E-state index in [2.05, 4.69) is 15.5 Å². The molecule has 4 bridgehead atoms. The van der Waals surface area contributed by atoms with Crippen LogP contribution in [0.4, 0.5) is 5.13 Å². The van der Waals surface area contributed by atoms with Gasteiger partial charge in [0.05, 0.1) is 11.8 Å². The fraction of sp³-hybridized carbons (Fsp3) is 0.611. The molecule has 0 unspecified atom stereocenters. The first kappa shape index (κ1) is 14.6. The maximum atomic E-state index is 12.3. The van der Waals surface area contributed by atoms with Crippen molar-refractivity contribution in [3.8, 4) is 0 Å². The third kappa shape index (κ3) is 2.23. The molecular weight excluding hydrogens is 322 g/mol. The summed E-state index contributed by atoms with van der Waals surface area (Å²) in [5, 5.41) is 13.4. The summed E-state index contributed by atoms with van der Waals surface area (Å²) in [5.74, 6) is 3.10. The number of nitrogens with one attached hydrogen (secondary N) is 1. The Labute approximate surface area is 144 Å². The van der Waals surface area contributed by atoms with Crippen molar-refractivity contribution in [3.63, 3.8) is 0 Å². The number of hydrogen-bond donors (Lipinski definition) is 1. The molecule has 0 aromatic carbocycles. The van der Waals surface area contributed by atoms with E-state index in [1.165, 1.54) is 44.8 Å². The van der Waals surface area contributed by atoms with Crippen LogP contribution >= 0.6 is 11.3 Å². The highest BCUT2D eigenvalue weighted by Crippen LogP contribution is 2.61. The minimum atomic E-state index is -0.172. The van der Waals surface area contributed by atoms with E-state index in [0.717, 1.165) is 22.8 Å². The number of hydrogen-bond acceptors (Lipinski definition) is 5. The fourth-order valence-electron chi connectivity index (χ4n) is 5.65. The first-order chi connectivity index (χ1) is 11.6. The smallest absolute Gasteiger partial charge is 0.261 e. The number of furan rings is 1. The molecule has 0 atom stereocenters. The molecule has 0 spiro atoms. The molecule has 6 heteroatoms. The molecule has 1 amide bonds. The van der Waals surface area contributed by atoms with Crippen molar-refractivity contribution in [3.05, 3.63) is 28.7 Å². The van der Waals surface area contributed by atoms with Crippen LogP contribution in [0.3, 0.4) is 0 Å². The van der Waals surface area contributed by atoms with Crippen LogP contribution in [-0.2, 0) is 5.41 Å². The van der Waals surface area contributed by atoms with E-state index in [9.17, 15) is 4.79 Å². The topological polar surface area (TPSA) is 68.0 Å². The molecule has 2 aromatic heterocycles. The zero-order chi connectivity index (χ0) is 16.3. The van der Waals surface area contributed by atoms with Crippen molar-refractivity contribution in [2.24, 2.45) is 17.8 Å². The molecule has 1 N–H and O–H groups in total. The average molecular weight is 343 g/mol. The summed E-state index contributed by atoms with van der Waals surface area (Å²) >= 11 is 1.57. The first-order valence-electron chi connectivity index (χ1n) is 8.81. The number of rotatable bonds is 3. The van der Waals surface area contributed by atoms with Gasteiger partial charge in [-0.05, 0) is 69.3 Å². The summed E-state index contributed by atoms with van der Waals surface area (Å²) in [6.45, 7) is 1.79. The Bertz CT molecular complexity index is 759. The third-order valence-corrected chi connectivity index (χ3v) is 7.33. The van der Waals surface area contributed by atoms with E-state index in [1.807, 2.05) is 0 Å². The number of carbonyl (C=O) groups excluding carboxylic acids is 1. The summed E-state index contributed by atoms with van der Waals surface area (Å²) in [6, 6.07) is 1.69. The van der Waals surface area contributed by atoms with E-state index in [4.69, 9.17) is 4.42 Å². The van der Waals surface area contributed by atoms with Gasteiger partial charge in [-0.3, -0.25) is 10.1 Å². The summed E-state index contributed by atoms with van der Waals surface area (Å²) in [7, 11) is 0. The fourth-order valence-corrected chi connectivity index (χ4v) is 6.60. The second-order valence-electron chi connectivity index (χ2n) is 7.95. The molecule has 4 fully saturated rings. The Morgan fingerprint density at radius 1 is 1.21 bits per heavy atom. The number of aromatic nitrogens is 2. The molecule has 2 aromatic rings. The highest BCUT2D eigenvalue weighted by molar-refractivity contribution is 7.15. The molecule has 0 aliphatic heterocycles. The van der Waals surface area contributed by atoms with Gasteiger partial charge in [-0.2, -0.15) is 0 Å². The number of anilines is 1. The van der Waals surface area contributed by atoms with Crippen molar-refractivity contribution >= 4 is 22.4 Å². The number of aryl methyl sites for hydroxylation is 1. The molecule has 6 rings (SSSR count). The molecule has 0 saturated heterocycles. The molecule has 4 saturated carbocycles. The van der Waals surface area contributed by atoms with Crippen molar-refractivity contribution < 1.29 is 9.21 Å². The van der Waals surface area contributed by atoms with E-state index < -0.39 is 0 Å². The summed E-state index contributed by atoms with van der Waals surface area (Å²) in [5.41, 5.74) is 0.794. The molecule has 0 radical (unpaired) electrons. The highest BCUT2D eigenvalue weighted by atomic mass is 32.1. The van der Waals surface area contributed by atoms with Crippen LogP contribution < -0.4 is 5.32 Å². The maximum absolute atomic E-state index is 12.3. The van der Waals surface area contributed by atoms with Crippen LogP contribution in [0.5, 0.6) is 0 Å². The van der Waals surface area contributed by atoms with Crippen molar-refractivity contribution in [2.75, 3.05) is 5.32 Å². The standard InChI is InChI=1S/C18H21N3O2S/c1-10-14(2-3-23-10)15(22)19-17-21-20-16(24-17)18-7-11-4-12(8-18)6-13(5-11)9-18/h2-3,11-13H,4-9H2,1H3,(H,19,21,22). The quantitative estimate of drug-likeness (QED) is 0.908. The first-order valence-corrected chi connectivity index (χ1v) is 9.62. The van der Waals surface area contributed by atoms with E-state index in [-0.39, 0.29) is 11.3 Å². The number of nitrogens with zero attached hydrogens (tertiary/aromatic N) is 2. The van der Waals surface area contributed by atoms with Crippen LogP contribution in [-0.4, -0.2) is 16.1 Å². The Balaban J connectivity index is 1.38. The van der Waals surface area contributed by atoms with Crippen LogP contribution in [0.25, 0.3) is 0 Å². The lowest BCUT2D eigenvalue weighted by Gasteiger charge is -2.55. The molecule has 5 nitrogen and oxygen atoms in total. The van der Waals surface area contributed by atoms with Crippen LogP contribution in [0, 0.1) is 24.7 Å². The number of amides is 1. The predicted molar refractivity (Wildman–Crippen MR) is 91.2 cm³/mol. The van der Waals surface area contributed by atoms with Crippen LogP contribution in [0.1, 0.15) is 59.7 Å². The van der Waals surface area contributed by atoms with Gasteiger partial charge in [-0.1, -0.05) is 11.3 Å². The van der Waals surface area contributed by atoms with Gasteiger partial charge in [0, 0.05) is 5.41 Å². The number of carbonyl (C=O) groups is 1. The lowest BCUT2D eigenvalue weighted by atomic mass is 9.50. The molecule has 2 heterocycles. The molecule has 4 aliphatic rings. The Hall–Kier alpha value is -1.69. The van der Waals surface area contributed by atoms with Crippen molar-refractivity contribution in [2.45, 2.75) is 50.9 Å². The normalized spacial score (nSPS) is 33.8. The van der Waals surface area contributed by atoms with Gasteiger partial charge >= 0.3 is 0 Å². The average Bonchev–Trinajstić information content (AvgIpc) is 3.15. The minimum absolute atomic E-state index is 0.172. The lowest BCUT2D eigenvalue weighted by molar-refractivity contribution is -0.00555. The Morgan fingerprint density at radius 3 is 2.46 bits per heavy atom. The van der Waals surface area contributed by atoms with E-state index in [0.29, 0.717) is 16.5 Å². The summed E-state index contributed by atoms with van der Waals surface area (Å²) < 4.78 is 5.20. The maximum Gasteiger partial charge on any atom is 0.261 e. The van der Waals surface area contributed by atoms with Gasteiger partial charge in [0.15, 0.2) is 0 Å². The largest absolute Gasteiger partial charge is 0.469 e. The minimum Gasteiger partial charge on any atom is -0.469 e. The summed E-state index contributed by atoms with van der Waals surface area (Å²) in [4.78, 5) is 12.3. The molecular formula is C18H21N3O2S. The summed E-state index contributed by atoms with van der Waals surface area (Å²) in [6.07, 6.45) is 9.59. The van der Waals surface area contributed by atoms with Gasteiger partial charge < -0.3 is 4.42 Å². The SMILES string of the molecule is Cc1occc1C(=O)Nc1nnc(C23CC4CC(CC(C4)C2)C3)s1. The lowest BCUT2D eigenvalue weighted by Crippen LogP contribution is -2.48. The second kappa shape index (κ2) is 5.15. The zero-order valence-electron chi connectivity index (χ0n) is 13.7. The third-order valence-electron chi connectivity index (χ3n) is 6.24. The van der Waals surface area contributed by atoms with Gasteiger partial charge in [0.2, 0.25) is 5.13 Å². The van der Waals surface area contributed by atoms with Crippen molar-refractivity contribution in [1.82, 2.24) is 10.2 Å². The van der Waals surface area contributed by atoms with Gasteiger partial charge in [-0.25, -0.2) is 0 Å². The van der Waals surface area contributed by atoms with Crippen LogP contribution in [0.2, 0.25) is 0 Å². The van der Waals surface area contributed by atoms with Crippen molar-refractivity contribution in [1.29, 1.82) is 0 Å². The molecule has 126 valence electrons. The molecule has 4 aliphatic carbocycles. The second-order valence-corrected chi connectivity index (χ2v) is 8.93. The Kier molecular flexibility index (Phi) is 3.14. The van der Waals surface area contributed by atoms with Gasteiger partial charge in [-0.15, -0.1) is 10.2 Å². The van der Waals surface area contributed by atoms with E-state index >= 15 is 0 Å². The molecule has 24 heavy (non-hydrogen) atoms. The monoisotopic (exact) mass is 343 g/mol. The van der Waals surface area contributed by atoms with E-state index in [1.54, 1.807) is 24.3 Å².